The summed E-state index contributed by atoms with van der Waals surface area (Å²) in [6.07, 6.45) is 6.43. The highest BCUT2D eigenvalue weighted by Crippen LogP contribution is 2.08. The second-order valence-corrected chi connectivity index (χ2v) is 5.28. The smallest absolute Gasteiger partial charge is 0.250 e. The van der Waals surface area contributed by atoms with Gasteiger partial charge in [-0.15, -0.1) is 0 Å². The van der Waals surface area contributed by atoms with Crippen molar-refractivity contribution in [2.75, 3.05) is 0 Å². The molecule has 0 atom stereocenters. The normalized spacial score (nSPS) is 10.8. The summed E-state index contributed by atoms with van der Waals surface area (Å²) in [5, 5.41) is 4.32. The Morgan fingerprint density at radius 2 is 1.68 bits per heavy atom. The van der Waals surface area contributed by atoms with E-state index in [0.717, 1.165) is 24.1 Å². The maximum atomic E-state index is 11.7. The van der Waals surface area contributed by atoms with Gasteiger partial charge in [0.2, 0.25) is 0 Å². The van der Waals surface area contributed by atoms with Crippen molar-refractivity contribution in [1.82, 2.24) is 14.3 Å². The van der Waals surface area contributed by atoms with Crippen LogP contribution in [-0.4, -0.2) is 14.3 Å². The van der Waals surface area contributed by atoms with Gasteiger partial charge in [0.05, 0.1) is 19.3 Å². The van der Waals surface area contributed by atoms with E-state index in [-0.39, 0.29) is 5.56 Å². The van der Waals surface area contributed by atoms with Gasteiger partial charge in [-0.3, -0.25) is 9.48 Å². The van der Waals surface area contributed by atoms with Crippen LogP contribution in [-0.2, 0) is 19.5 Å². The fraction of sp³-hybridized carbons (Fsp3) is 0.167. The quantitative estimate of drug-likeness (QED) is 0.725. The molecule has 4 nitrogen and oxygen atoms in total. The molecule has 0 aliphatic heterocycles. The number of rotatable bonds is 5. The summed E-state index contributed by atoms with van der Waals surface area (Å²) in [4.78, 5) is 11.7. The molecule has 2 heterocycles. The summed E-state index contributed by atoms with van der Waals surface area (Å²) in [6, 6.07) is 13.5. The molecule has 1 aromatic carbocycles. The monoisotopic (exact) mass is 292 g/mol. The zero-order valence-electron chi connectivity index (χ0n) is 12.4. The van der Waals surface area contributed by atoms with Gasteiger partial charge in [-0.25, -0.2) is 0 Å². The van der Waals surface area contributed by atoms with E-state index in [4.69, 9.17) is 0 Å². The topological polar surface area (TPSA) is 39.8 Å². The van der Waals surface area contributed by atoms with E-state index in [9.17, 15) is 4.79 Å². The van der Waals surface area contributed by atoms with Crippen molar-refractivity contribution < 1.29 is 0 Å². The van der Waals surface area contributed by atoms with Crippen molar-refractivity contribution in [3.8, 4) is 0 Å². The maximum absolute atomic E-state index is 11.7. The molecule has 3 aromatic rings. The van der Waals surface area contributed by atoms with Gasteiger partial charge >= 0.3 is 0 Å². The zero-order valence-corrected chi connectivity index (χ0v) is 12.4. The molecule has 2 aromatic heterocycles. The minimum Gasteiger partial charge on any atom is -0.311 e. The van der Waals surface area contributed by atoms with E-state index in [1.807, 2.05) is 23.1 Å². The highest BCUT2D eigenvalue weighted by atomic mass is 16.1. The van der Waals surface area contributed by atoms with Crippen LogP contribution >= 0.6 is 0 Å². The lowest BCUT2D eigenvalue weighted by Crippen LogP contribution is -2.18. The Hall–Kier alpha value is -2.62. The Kier molecular flexibility index (Phi) is 4.19. The SMILES string of the molecule is [CH2]Cc1cnn(Cc2ccc(Cn3ccccc3=O)cc2)c1. The first-order valence-corrected chi connectivity index (χ1v) is 7.28. The summed E-state index contributed by atoms with van der Waals surface area (Å²) in [5.41, 5.74) is 3.45. The Morgan fingerprint density at radius 1 is 0.955 bits per heavy atom. The van der Waals surface area contributed by atoms with Crippen molar-refractivity contribution in [3.05, 3.63) is 95.0 Å². The molecule has 0 spiro atoms. The molecule has 0 N–H and O–H groups in total. The van der Waals surface area contributed by atoms with Crippen LogP contribution in [0.3, 0.4) is 0 Å². The molecule has 0 aliphatic carbocycles. The van der Waals surface area contributed by atoms with E-state index < -0.39 is 0 Å². The fourth-order valence-corrected chi connectivity index (χ4v) is 2.35. The van der Waals surface area contributed by atoms with E-state index in [1.54, 1.807) is 22.9 Å². The van der Waals surface area contributed by atoms with Crippen molar-refractivity contribution in [3.63, 3.8) is 0 Å². The maximum Gasteiger partial charge on any atom is 0.250 e. The van der Waals surface area contributed by atoms with Crippen LogP contribution in [0.1, 0.15) is 16.7 Å². The van der Waals surface area contributed by atoms with Gasteiger partial charge in [0, 0.05) is 18.5 Å². The third-order valence-corrected chi connectivity index (χ3v) is 3.59. The summed E-state index contributed by atoms with van der Waals surface area (Å²) in [7, 11) is 0. The number of hydrogen-bond acceptors (Lipinski definition) is 2. The Bertz CT molecular complexity index is 799. The molecule has 111 valence electrons. The van der Waals surface area contributed by atoms with Crippen molar-refractivity contribution in [2.45, 2.75) is 19.5 Å². The van der Waals surface area contributed by atoms with Gasteiger partial charge in [0.15, 0.2) is 0 Å². The number of pyridine rings is 1. The third kappa shape index (κ3) is 3.34. The molecular formula is C18H18N3O. The standard InChI is InChI=1S/C18H18N3O/c1-2-15-11-19-21(13-15)14-17-8-6-16(7-9-17)12-20-10-4-3-5-18(20)22/h3-11,13H,1-2,12,14H2. The van der Waals surface area contributed by atoms with Gasteiger partial charge in [-0.1, -0.05) is 30.3 Å². The van der Waals surface area contributed by atoms with Crippen LogP contribution in [0.4, 0.5) is 0 Å². The Morgan fingerprint density at radius 3 is 2.32 bits per heavy atom. The lowest BCUT2D eigenvalue weighted by Gasteiger charge is -2.07. The van der Waals surface area contributed by atoms with Gasteiger partial charge in [0.25, 0.3) is 5.56 Å². The second-order valence-electron chi connectivity index (χ2n) is 5.28. The van der Waals surface area contributed by atoms with Crippen LogP contribution in [0, 0.1) is 6.92 Å². The van der Waals surface area contributed by atoms with Gasteiger partial charge in [-0.05, 0) is 36.1 Å². The molecule has 0 amide bonds. The molecule has 3 rings (SSSR count). The van der Waals surface area contributed by atoms with Crippen LogP contribution in [0.5, 0.6) is 0 Å². The summed E-state index contributed by atoms with van der Waals surface area (Å²) >= 11 is 0. The number of benzene rings is 1. The average Bonchev–Trinajstić information content (AvgIpc) is 2.99. The van der Waals surface area contributed by atoms with Crippen molar-refractivity contribution in [2.24, 2.45) is 0 Å². The Balaban J connectivity index is 1.70. The predicted molar refractivity (Wildman–Crippen MR) is 86.6 cm³/mol. The van der Waals surface area contributed by atoms with Crippen LogP contribution in [0.25, 0.3) is 0 Å². The minimum absolute atomic E-state index is 0.0174. The van der Waals surface area contributed by atoms with E-state index in [2.05, 4.69) is 36.3 Å². The summed E-state index contributed by atoms with van der Waals surface area (Å²) < 4.78 is 3.61. The van der Waals surface area contributed by atoms with Crippen molar-refractivity contribution >= 4 is 0 Å². The van der Waals surface area contributed by atoms with Crippen LogP contribution in [0.2, 0.25) is 0 Å². The molecule has 0 saturated heterocycles. The van der Waals surface area contributed by atoms with Gasteiger partial charge < -0.3 is 4.57 Å². The summed E-state index contributed by atoms with van der Waals surface area (Å²) in [5.74, 6) is 0. The molecule has 0 bridgehead atoms. The van der Waals surface area contributed by atoms with Gasteiger partial charge in [-0.2, -0.15) is 5.10 Å². The molecular weight excluding hydrogens is 274 g/mol. The number of aromatic nitrogens is 3. The first kappa shape index (κ1) is 14.3. The molecule has 4 heteroatoms. The van der Waals surface area contributed by atoms with E-state index >= 15 is 0 Å². The van der Waals surface area contributed by atoms with Crippen molar-refractivity contribution in [1.29, 1.82) is 0 Å². The molecule has 0 fully saturated rings. The highest BCUT2D eigenvalue weighted by Gasteiger charge is 2.00. The third-order valence-electron chi connectivity index (χ3n) is 3.59. The highest BCUT2D eigenvalue weighted by molar-refractivity contribution is 5.23. The van der Waals surface area contributed by atoms with Gasteiger partial charge in [0.1, 0.15) is 0 Å². The Labute approximate surface area is 129 Å². The number of hydrogen-bond donors (Lipinski definition) is 0. The molecule has 0 unspecified atom stereocenters. The molecule has 1 radical (unpaired) electrons. The summed E-state index contributed by atoms with van der Waals surface area (Å²) in [6.45, 7) is 5.19. The molecule has 0 aliphatic rings. The first-order valence-electron chi connectivity index (χ1n) is 7.28. The second kappa shape index (κ2) is 6.43. The average molecular weight is 292 g/mol. The molecule has 22 heavy (non-hydrogen) atoms. The lowest BCUT2D eigenvalue weighted by molar-refractivity contribution is 0.685. The molecule has 0 saturated carbocycles. The predicted octanol–water partition coefficient (Wildman–Crippen LogP) is 2.52. The minimum atomic E-state index is 0.0174. The lowest BCUT2D eigenvalue weighted by atomic mass is 10.1. The van der Waals surface area contributed by atoms with E-state index in [0.29, 0.717) is 6.54 Å². The first-order chi connectivity index (χ1) is 10.7. The van der Waals surface area contributed by atoms with E-state index in [1.165, 1.54) is 5.56 Å². The largest absolute Gasteiger partial charge is 0.311 e. The van der Waals surface area contributed by atoms with Crippen LogP contribution < -0.4 is 5.56 Å². The zero-order chi connectivity index (χ0) is 15.4. The van der Waals surface area contributed by atoms with Crippen LogP contribution in [0.15, 0.2) is 65.8 Å². The number of nitrogens with zero attached hydrogens (tertiary/aromatic N) is 3. The fourth-order valence-electron chi connectivity index (χ4n) is 2.35.